The lowest BCUT2D eigenvalue weighted by atomic mass is 10.4. The van der Waals surface area contributed by atoms with Crippen LogP contribution in [0.4, 0.5) is 5.95 Å². The maximum absolute atomic E-state index is 10.2. The summed E-state index contributed by atoms with van der Waals surface area (Å²) in [6.45, 7) is 0.270. The van der Waals surface area contributed by atoms with Gasteiger partial charge in [0.25, 0.3) is 0 Å². The zero-order chi connectivity index (χ0) is 9.42. The second-order valence-electron chi connectivity index (χ2n) is 2.60. The van der Waals surface area contributed by atoms with Crippen LogP contribution in [-0.2, 0) is 6.54 Å². The fourth-order valence-electron chi connectivity index (χ4n) is 1.04. The van der Waals surface area contributed by atoms with Crippen LogP contribution < -0.4 is 4.74 Å². The fraction of sp³-hybridized carbons (Fsp3) is 0.600. The van der Waals surface area contributed by atoms with E-state index in [1.54, 1.807) is 0 Å². The van der Waals surface area contributed by atoms with Crippen LogP contribution >= 0.6 is 0 Å². The first-order valence-corrected chi connectivity index (χ1v) is 3.57. The molecule has 0 fully saturated rings. The lowest BCUT2D eigenvalue weighted by Crippen LogP contribution is -2.30. The summed E-state index contributed by atoms with van der Waals surface area (Å²) in [5.41, 5.74) is 0. The zero-order valence-electron chi connectivity index (χ0n) is 6.45. The smallest absolute Gasteiger partial charge is 0.448 e. The lowest BCUT2D eigenvalue weighted by molar-refractivity contribution is -0.394. The minimum Gasteiger partial charge on any atom is -0.448 e. The third-order valence-corrected chi connectivity index (χ3v) is 1.58. The molecular weight excluding hydrogens is 180 g/mol. The van der Waals surface area contributed by atoms with Gasteiger partial charge in [-0.3, -0.25) is 0 Å². The van der Waals surface area contributed by atoms with Crippen molar-refractivity contribution < 1.29 is 14.8 Å². The maximum Gasteiger partial charge on any atom is 0.494 e. The highest BCUT2D eigenvalue weighted by Crippen LogP contribution is 2.17. The van der Waals surface area contributed by atoms with Crippen molar-refractivity contribution in [2.24, 2.45) is 0 Å². The molecule has 13 heavy (non-hydrogen) atoms. The second kappa shape index (κ2) is 2.66. The Labute approximate surface area is 71.9 Å². The molecular formula is C5H6N4O4. The minimum absolute atomic E-state index is 0.0806. The molecule has 0 aliphatic carbocycles. The molecule has 0 spiro atoms. The Morgan fingerprint density at radius 3 is 3.23 bits per heavy atom. The van der Waals surface area contributed by atoms with Crippen molar-refractivity contribution in [1.82, 2.24) is 14.8 Å². The third-order valence-electron chi connectivity index (χ3n) is 1.58. The molecule has 0 radical (unpaired) electrons. The summed E-state index contributed by atoms with van der Waals surface area (Å²) < 4.78 is 6.07. The molecule has 70 valence electrons. The number of aromatic nitrogens is 3. The Bertz CT molecular complexity index is 348. The van der Waals surface area contributed by atoms with E-state index in [1.165, 1.54) is 4.68 Å². The molecule has 1 aromatic rings. The monoisotopic (exact) mass is 186 g/mol. The molecule has 0 saturated heterocycles. The van der Waals surface area contributed by atoms with E-state index < -0.39 is 17.0 Å². The average Bonchev–Trinajstić information content (AvgIpc) is 2.46. The highest BCUT2D eigenvalue weighted by Gasteiger charge is 2.28. The van der Waals surface area contributed by atoms with Gasteiger partial charge in [0, 0.05) is 5.10 Å². The molecule has 1 aromatic heterocycles. The van der Waals surface area contributed by atoms with E-state index in [9.17, 15) is 10.1 Å². The first kappa shape index (κ1) is 7.92. The molecule has 8 heteroatoms. The van der Waals surface area contributed by atoms with Gasteiger partial charge in [0.1, 0.15) is 12.7 Å². The summed E-state index contributed by atoms with van der Waals surface area (Å²) in [5.74, 6) is -0.510. The first-order valence-electron chi connectivity index (χ1n) is 3.57. The van der Waals surface area contributed by atoms with Gasteiger partial charge < -0.3 is 20.0 Å². The molecule has 0 saturated carbocycles. The number of hydrogen-bond acceptors (Lipinski definition) is 6. The van der Waals surface area contributed by atoms with Gasteiger partial charge in [-0.1, -0.05) is 0 Å². The average molecular weight is 186 g/mol. The van der Waals surface area contributed by atoms with E-state index in [-0.39, 0.29) is 19.2 Å². The van der Waals surface area contributed by atoms with E-state index in [1.807, 2.05) is 0 Å². The molecule has 1 N–H and O–H groups in total. The van der Waals surface area contributed by atoms with E-state index in [0.29, 0.717) is 0 Å². The van der Waals surface area contributed by atoms with Gasteiger partial charge in [-0.15, -0.1) is 4.68 Å². The molecule has 1 aliphatic heterocycles. The van der Waals surface area contributed by atoms with Crippen molar-refractivity contribution in [3.05, 3.63) is 10.1 Å². The van der Waals surface area contributed by atoms with Gasteiger partial charge in [-0.2, -0.15) is 0 Å². The van der Waals surface area contributed by atoms with Crippen LogP contribution in [0.15, 0.2) is 0 Å². The number of nitro groups is 1. The number of rotatable bonds is 1. The maximum atomic E-state index is 10.2. The summed E-state index contributed by atoms with van der Waals surface area (Å²) in [5, 5.41) is 22.9. The first-order chi connectivity index (χ1) is 6.16. The van der Waals surface area contributed by atoms with E-state index >= 15 is 0 Å². The summed E-state index contributed by atoms with van der Waals surface area (Å²) >= 11 is 0. The second-order valence-corrected chi connectivity index (χ2v) is 2.60. The molecule has 1 atom stereocenters. The molecule has 0 unspecified atom stereocenters. The Balaban J connectivity index is 2.33. The van der Waals surface area contributed by atoms with Gasteiger partial charge >= 0.3 is 12.0 Å². The summed E-state index contributed by atoms with van der Waals surface area (Å²) in [6.07, 6.45) is -0.686. The van der Waals surface area contributed by atoms with Gasteiger partial charge in [-0.25, -0.2) is 0 Å². The number of ether oxygens (including phenoxy) is 1. The van der Waals surface area contributed by atoms with Crippen molar-refractivity contribution >= 4 is 5.95 Å². The highest BCUT2D eigenvalue weighted by molar-refractivity contribution is 5.09. The van der Waals surface area contributed by atoms with E-state index in [0.717, 1.165) is 0 Å². The number of hydrogen-bond donors (Lipinski definition) is 1. The zero-order valence-corrected chi connectivity index (χ0v) is 6.45. The Hall–Kier alpha value is -1.70. The van der Waals surface area contributed by atoms with Crippen LogP contribution in [0.1, 0.15) is 0 Å². The van der Waals surface area contributed by atoms with Crippen molar-refractivity contribution in [3.63, 3.8) is 0 Å². The van der Waals surface area contributed by atoms with Crippen LogP contribution in [0, 0.1) is 10.1 Å². The Morgan fingerprint density at radius 1 is 1.77 bits per heavy atom. The summed E-state index contributed by atoms with van der Waals surface area (Å²) in [4.78, 5) is 13.0. The number of fused-ring (bicyclic) bond motifs is 1. The number of aliphatic hydroxyl groups excluding tert-OH is 1. The predicted molar refractivity (Wildman–Crippen MR) is 38.2 cm³/mol. The molecule has 2 rings (SSSR count). The van der Waals surface area contributed by atoms with Gasteiger partial charge in [-0.05, 0) is 9.91 Å². The van der Waals surface area contributed by atoms with Gasteiger partial charge in [0.05, 0.1) is 6.54 Å². The van der Waals surface area contributed by atoms with E-state index in [4.69, 9.17) is 9.84 Å². The van der Waals surface area contributed by atoms with Gasteiger partial charge in [0.15, 0.2) is 0 Å². The quantitative estimate of drug-likeness (QED) is 0.442. The molecule has 0 amide bonds. The summed E-state index contributed by atoms with van der Waals surface area (Å²) in [7, 11) is 0. The summed E-state index contributed by atoms with van der Waals surface area (Å²) in [6, 6.07) is 0.0806. The van der Waals surface area contributed by atoms with Crippen LogP contribution in [0.25, 0.3) is 0 Å². The third kappa shape index (κ3) is 1.31. The molecule has 0 bridgehead atoms. The normalized spacial score (nSPS) is 20.5. The standard InChI is InChI=1S/C5H6N4O4/c10-3-1-8-5(13-2-3)6-4(7-8)9(11)12/h3,10H,1-2H2/t3-/m0/s1. The van der Waals surface area contributed by atoms with Crippen molar-refractivity contribution in [2.45, 2.75) is 12.6 Å². The Morgan fingerprint density at radius 2 is 2.54 bits per heavy atom. The predicted octanol–water partition coefficient (Wildman–Crippen LogP) is -1.06. The number of aliphatic hydroxyl groups is 1. The highest BCUT2D eigenvalue weighted by atomic mass is 16.6. The molecule has 8 nitrogen and oxygen atoms in total. The number of nitrogens with zero attached hydrogens (tertiary/aromatic N) is 4. The van der Waals surface area contributed by atoms with Crippen LogP contribution in [-0.4, -0.2) is 37.5 Å². The SMILES string of the molecule is O=[N+]([O-])c1nc2n(n1)C[C@H](O)CO2. The molecule has 2 heterocycles. The van der Waals surface area contributed by atoms with Crippen LogP contribution in [0.5, 0.6) is 6.01 Å². The molecule has 0 aromatic carbocycles. The molecule has 1 aliphatic rings. The van der Waals surface area contributed by atoms with Crippen LogP contribution in [0.3, 0.4) is 0 Å². The van der Waals surface area contributed by atoms with Crippen molar-refractivity contribution in [3.8, 4) is 6.01 Å². The van der Waals surface area contributed by atoms with E-state index in [2.05, 4.69) is 10.1 Å². The van der Waals surface area contributed by atoms with Crippen molar-refractivity contribution in [1.29, 1.82) is 0 Å². The minimum atomic E-state index is -0.707. The Kier molecular flexibility index (Phi) is 1.62. The van der Waals surface area contributed by atoms with Gasteiger partial charge in [0.2, 0.25) is 0 Å². The largest absolute Gasteiger partial charge is 0.494 e. The fourth-order valence-corrected chi connectivity index (χ4v) is 1.04. The topological polar surface area (TPSA) is 103 Å². The van der Waals surface area contributed by atoms with Crippen molar-refractivity contribution in [2.75, 3.05) is 6.61 Å². The van der Waals surface area contributed by atoms with Crippen LogP contribution in [0.2, 0.25) is 0 Å². The lowest BCUT2D eigenvalue weighted by Gasteiger charge is -2.14.